The first kappa shape index (κ1) is 31.6. The van der Waals surface area contributed by atoms with Crippen molar-refractivity contribution < 1.29 is 28.3 Å². The van der Waals surface area contributed by atoms with Gasteiger partial charge in [-0.3, -0.25) is 4.79 Å². The zero-order chi connectivity index (χ0) is 33.5. The second kappa shape index (κ2) is 12.9. The van der Waals surface area contributed by atoms with Crippen molar-refractivity contribution in [2.45, 2.75) is 45.7 Å². The van der Waals surface area contributed by atoms with Gasteiger partial charge in [-0.05, 0) is 109 Å². The molecule has 5 aromatic rings. The average molecular weight is 647 g/mol. The zero-order valence-electron chi connectivity index (χ0n) is 28.7. The number of methoxy groups -OCH3 is 4. The van der Waals surface area contributed by atoms with Gasteiger partial charge in [0.2, 0.25) is 12.1 Å². The first-order valence-corrected chi connectivity index (χ1v) is 16.7. The number of carbonyl (C=O) groups is 1. The second-order valence-corrected chi connectivity index (χ2v) is 13.1. The van der Waals surface area contributed by atoms with Crippen LogP contribution < -0.4 is 28.4 Å². The molecule has 4 aromatic carbocycles. The van der Waals surface area contributed by atoms with Crippen molar-refractivity contribution in [3.8, 4) is 23.0 Å². The van der Waals surface area contributed by atoms with Crippen molar-refractivity contribution in [2.24, 2.45) is 5.92 Å². The molecule has 0 radical (unpaired) electrons. The van der Waals surface area contributed by atoms with Crippen LogP contribution in [0.15, 0.2) is 73.1 Å². The van der Waals surface area contributed by atoms with Crippen LogP contribution in [0.2, 0.25) is 0 Å². The minimum atomic E-state index is 0.0688. The maximum absolute atomic E-state index is 13.4. The smallest absolute Gasteiger partial charge is 0.245 e. The van der Waals surface area contributed by atoms with Crippen molar-refractivity contribution >= 4 is 22.5 Å². The summed E-state index contributed by atoms with van der Waals surface area (Å²) in [6.45, 7) is 7.20. The van der Waals surface area contributed by atoms with Gasteiger partial charge < -0.3 is 23.8 Å². The molecule has 2 aliphatic rings. The standard InChI is InChI=1S/C40H44N3O5/c1-25-17-33-34(18-26(25)2)43(23-35(44)27-11-13-30(45-3)14-12-27)24-42(33)16-8-15-41-22-29-19-28-20-37(47-5)38(48-6)21-32(28)39(29)31-9-7-10-36(46-4)40(31)41/h7,9-14,17-18,20-21,24,29,39H,8,15-16,19,22-23H2,1-6H3/q+1/t29-,39-/m0/s1. The molecule has 0 amide bonds. The number of carbonyl (C=O) groups excluding carboxylic acids is 1. The average Bonchev–Trinajstić information content (AvgIpc) is 3.63. The number of benzene rings is 4. The number of fused-ring (bicyclic) bond motifs is 6. The van der Waals surface area contributed by atoms with Crippen LogP contribution in [0.4, 0.5) is 5.69 Å². The maximum atomic E-state index is 13.4. The zero-order valence-corrected chi connectivity index (χ0v) is 28.7. The Hall–Kier alpha value is -4.98. The Bertz CT molecular complexity index is 2000. The Kier molecular flexibility index (Phi) is 8.50. The number of aryl methyl sites for hydroxylation is 3. The molecule has 1 aromatic heterocycles. The Labute approximate surface area is 282 Å². The van der Waals surface area contributed by atoms with Gasteiger partial charge in [0.25, 0.3) is 0 Å². The van der Waals surface area contributed by atoms with E-state index in [1.165, 1.54) is 33.5 Å². The summed E-state index contributed by atoms with van der Waals surface area (Å²) in [7, 11) is 6.79. The molecule has 8 nitrogen and oxygen atoms in total. The highest BCUT2D eigenvalue weighted by atomic mass is 16.5. The van der Waals surface area contributed by atoms with Gasteiger partial charge in [0.1, 0.15) is 11.5 Å². The number of ketones is 1. The van der Waals surface area contributed by atoms with Crippen LogP contribution in [0.25, 0.3) is 11.0 Å². The van der Waals surface area contributed by atoms with E-state index in [0.29, 0.717) is 11.5 Å². The molecule has 1 aliphatic carbocycles. The summed E-state index contributed by atoms with van der Waals surface area (Å²) < 4.78 is 27.0. The molecule has 2 heterocycles. The van der Waals surface area contributed by atoms with E-state index >= 15 is 0 Å². The summed E-state index contributed by atoms with van der Waals surface area (Å²) in [5, 5.41) is 0. The highest BCUT2D eigenvalue weighted by Crippen LogP contribution is 2.53. The molecule has 8 heteroatoms. The van der Waals surface area contributed by atoms with Gasteiger partial charge in [-0.2, -0.15) is 0 Å². The lowest BCUT2D eigenvalue weighted by Crippen LogP contribution is -2.38. The Morgan fingerprint density at radius 3 is 2.27 bits per heavy atom. The number of ether oxygens (including phenoxy) is 4. The monoisotopic (exact) mass is 646 g/mol. The largest absolute Gasteiger partial charge is 0.497 e. The third kappa shape index (κ3) is 5.53. The molecule has 2 atom stereocenters. The summed E-state index contributed by atoms with van der Waals surface area (Å²) in [6, 6.07) is 22.6. The number of nitrogens with zero attached hydrogens (tertiary/aromatic N) is 3. The molecular formula is C40H44N3O5+. The summed E-state index contributed by atoms with van der Waals surface area (Å²) in [5.74, 6) is 4.00. The SMILES string of the molecule is COc1ccc(C(=O)C[n+]2cn(CCCN3C[C@@H]4Cc5cc(OC)c(OC)cc5[C@@H]4c4cccc(OC)c43)c3cc(C)c(C)cc32)cc1. The van der Waals surface area contributed by atoms with E-state index in [4.69, 9.17) is 18.9 Å². The lowest BCUT2D eigenvalue weighted by atomic mass is 9.81. The molecule has 0 fully saturated rings. The molecule has 0 N–H and O–H groups in total. The fourth-order valence-electron chi connectivity index (χ4n) is 7.82. The number of hydrogen-bond acceptors (Lipinski definition) is 6. The van der Waals surface area contributed by atoms with E-state index in [2.05, 4.69) is 76.7 Å². The van der Waals surface area contributed by atoms with E-state index in [1.54, 1.807) is 28.4 Å². The van der Waals surface area contributed by atoms with Gasteiger partial charge in [-0.15, -0.1) is 0 Å². The molecule has 0 unspecified atom stereocenters. The Morgan fingerprint density at radius 2 is 1.54 bits per heavy atom. The minimum absolute atomic E-state index is 0.0688. The molecule has 48 heavy (non-hydrogen) atoms. The number of imidazole rings is 1. The molecule has 1 aliphatic heterocycles. The third-order valence-corrected chi connectivity index (χ3v) is 10.3. The normalized spacial score (nSPS) is 16.3. The van der Waals surface area contributed by atoms with Crippen molar-refractivity contribution in [2.75, 3.05) is 46.4 Å². The maximum Gasteiger partial charge on any atom is 0.245 e. The van der Waals surface area contributed by atoms with E-state index in [1.807, 2.05) is 24.3 Å². The first-order chi connectivity index (χ1) is 23.3. The molecule has 0 spiro atoms. The molecule has 7 rings (SSSR count). The van der Waals surface area contributed by atoms with Crippen LogP contribution in [0.5, 0.6) is 23.0 Å². The van der Waals surface area contributed by atoms with Crippen molar-refractivity contribution in [1.82, 2.24) is 4.57 Å². The molecular weight excluding hydrogens is 602 g/mol. The Balaban J connectivity index is 1.15. The first-order valence-electron chi connectivity index (χ1n) is 16.7. The van der Waals surface area contributed by atoms with Crippen molar-refractivity contribution in [1.29, 1.82) is 0 Å². The molecule has 248 valence electrons. The van der Waals surface area contributed by atoms with Crippen molar-refractivity contribution in [3.05, 3.63) is 106 Å². The van der Waals surface area contributed by atoms with Crippen LogP contribution in [0.1, 0.15) is 50.5 Å². The number of anilines is 1. The highest BCUT2D eigenvalue weighted by molar-refractivity contribution is 5.95. The predicted molar refractivity (Wildman–Crippen MR) is 187 cm³/mol. The predicted octanol–water partition coefficient (Wildman–Crippen LogP) is 6.68. The summed E-state index contributed by atoms with van der Waals surface area (Å²) >= 11 is 0. The lowest BCUT2D eigenvalue weighted by molar-refractivity contribution is -0.658. The van der Waals surface area contributed by atoms with E-state index in [-0.39, 0.29) is 18.2 Å². The highest BCUT2D eigenvalue weighted by Gasteiger charge is 2.42. The van der Waals surface area contributed by atoms with Gasteiger partial charge in [0.05, 0.1) is 40.7 Å². The number of hydrogen-bond donors (Lipinski definition) is 0. The summed E-state index contributed by atoms with van der Waals surface area (Å²) in [4.78, 5) is 15.9. The fraction of sp³-hybridized carbons (Fsp3) is 0.350. The number of aromatic nitrogens is 2. The number of para-hydroxylation sites is 1. The topological polar surface area (TPSA) is 66.0 Å². The van der Waals surface area contributed by atoms with Gasteiger partial charge in [-0.25, -0.2) is 9.13 Å². The third-order valence-electron chi connectivity index (χ3n) is 10.3. The Morgan fingerprint density at radius 1 is 0.812 bits per heavy atom. The lowest BCUT2D eigenvalue weighted by Gasteiger charge is -2.39. The number of Topliss-reactive ketones (excluding diaryl/α,β-unsaturated/α-hetero) is 1. The number of rotatable bonds is 11. The van der Waals surface area contributed by atoms with Crippen LogP contribution in [-0.2, 0) is 19.5 Å². The molecule has 0 saturated carbocycles. The van der Waals surface area contributed by atoms with Crippen LogP contribution in [-0.4, -0.2) is 51.9 Å². The quantitative estimate of drug-likeness (QED) is 0.118. The van der Waals surface area contributed by atoms with Crippen molar-refractivity contribution in [3.63, 3.8) is 0 Å². The van der Waals surface area contributed by atoms with E-state index in [0.717, 1.165) is 66.5 Å². The molecule has 0 saturated heterocycles. The molecule has 0 bridgehead atoms. The van der Waals surface area contributed by atoms with Crippen LogP contribution in [0.3, 0.4) is 0 Å². The fourth-order valence-corrected chi connectivity index (χ4v) is 7.82. The summed E-state index contributed by atoms with van der Waals surface area (Å²) in [5.41, 5.74) is 10.5. The summed E-state index contributed by atoms with van der Waals surface area (Å²) in [6.07, 6.45) is 4.04. The van der Waals surface area contributed by atoms with Crippen LogP contribution >= 0.6 is 0 Å². The van der Waals surface area contributed by atoms with Gasteiger partial charge in [0.15, 0.2) is 29.1 Å². The van der Waals surface area contributed by atoms with Crippen LogP contribution in [0, 0.1) is 19.8 Å². The van der Waals surface area contributed by atoms with E-state index in [9.17, 15) is 4.79 Å². The second-order valence-electron chi connectivity index (χ2n) is 13.1. The van der Waals surface area contributed by atoms with Gasteiger partial charge in [-0.1, -0.05) is 12.1 Å². The van der Waals surface area contributed by atoms with Gasteiger partial charge in [0, 0.05) is 31.0 Å². The van der Waals surface area contributed by atoms with E-state index < -0.39 is 0 Å². The van der Waals surface area contributed by atoms with Gasteiger partial charge >= 0.3 is 0 Å². The minimum Gasteiger partial charge on any atom is -0.497 e.